The van der Waals surface area contributed by atoms with Crippen LogP contribution < -0.4 is 19.5 Å². The van der Waals surface area contributed by atoms with Gasteiger partial charge in [-0.05, 0) is 48.5 Å². The molecule has 0 fully saturated rings. The third-order valence-corrected chi connectivity index (χ3v) is 6.78. The van der Waals surface area contributed by atoms with E-state index in [2.05, 4.69) is 15.4 Å². The lowest BCUT2D eigenvalue weighted by atomic mass is 10.2. The number of pyridine rings is 1. The summed E-state index contributed by atoms with van der Waals surface area (Å²) in [6, 6.07) is 15.7. The summed E-state index contributed by atoms with van der Waals surface area (Å²) in [6.07, 6.45) is 2.98. The molecule has 204 valence electrons. The predicted molar refractivity (Wildman–Crippen MR) is 145 cm³/mol. The molecule has 2 aromatic heterocycles. The van der Waals surface area contributed by atoms with Crippen molar-refractivity contribution in [2.24, 2.45) is 0 Å². The third kappa shape index (κ3) is 5.40. The number of halogens is 2. The van der Waals surface area contributed by atoms with Crippen LogP contribution in [0.5, 0.6) is 23.0 Å². The number of benzene rings is 3. The van der Waals surface area contributed by atoms with Gasteiger partial charge in [-0.1, -0.05) is 0 Å². The Morgan fingerprint density at radius 1 is 0.950 bits per heavy atom. The average Bonchev–Trinajstić information content (AvgIpc) is 3.40. The maximum atomic E-state index is 15.0. The molecule has 9 nitrogen and oxygen atoms in total. The molecule has 5 aromatic rings. The van der Waals surface area contributed by atoms with Crippen LogP contribution in [0.1, 0.15) is 10.5 Å². The van der Waals surface area contributed by atoms with Gasteiger partial charge in [0.25, 0.3) is 5.91 Å². The van der Waals surface area contributed by atoms with Gasteiger partial charge in [0, 0.05) is 41.0 Å². The average molecular weight is 565 g/mol. The van der Waals surface area contributed by atoms with Crippen molar-refractivity contribution in [3.63, 3.8) is 0 Å². The summed E-state index contributed by atoms with van der Waals surface area (Å²) in [7, 11) is 3.03. The fourth-order valence-electron chi connectivity index (χ4n) is 3.96. The van der Waals surface area contributed by atoms with Gasteiger partial charge in [-0.2, -0.15) is 9.78 Å². The maximum absolute atomic E-state index is 15.0. The number of ether oxygens (including phenoxy) is 3. The number of fused-ring (bicyclic) bond motifs is 1. The summed E-state index contributed by atoms with van der Waals surface area (Å²) in [6.45, 7) is 0. The largest absolute Gasteiger partial charge is 0.610 e. The van der Waals surface area contributed by atoms with Gasteiger partial charge in [-0.3, -0.25) is 9.78 Å². The van der Waals surface area contributed by atoms with Crippen LogP contribution in [0.3, 0.4) is 0 Å². The van der Waals surface area contributed by atoms with Crippen LogP contribution in [0.2, 0.25) is 0 Å². The Kier molecular flexibility index (Phi) is 7.54. The SMILES string of the molecule is COc1cc2nccc(Oc3ccc(NC(=O)c4cc([S+](C)[O-])n(-c5ccc(F)cc5)n4)c(F)c3)c2cc1OC. The number of rotatable bonds is 8. The van der Waals surface area contributed by atoms with Gasteiger partial charge in [0.2, 0.25) is 5.03 Å². The summed E-state index contributed by atoms with van der Waals surface area (Å²) in [4.78, 5) is 17.2. The molecule has 40 heavy (non-hydrogen) atoms. The van der Waals surface area contributed by atoms with E-state index in [1.165, 1.54) is 67.6 Å². The molecule has 0 aliphatic heterocycles. The fraction of sp³-hybridized carbons (Fsp3) is 0.107. The van der Waals surface area contributed by atoms with Gasteiger partial charge >= 0.3 is 0 Å². The van der Waals surface area contributed by atoms with Crippen molar-refractivity contribution < 1.29 is 32.3 Å². The summed E-state index contributed by atoms with van der Waals surface area (Å²) in [5, 5.41) is 7.52. The molecule has 5 rings (SSSR count). The summed E-state index contributed by atoms with van der Waals surface area (Å²) in [5.41, 5.74) is 0.797. The molecule has 0 saturated heterocycles. The van der Waals surface area contributed by atoms with Crippen molar-refractivity contribution in [2.75, 3.05) is 25.8 Å². The lowest BCUT2D eigenvalue weighted by molar-refractivity contribution is 0.102. The minimum atomic E-state index is -1.51. The number of hydrogen-bond donors (Lipinski definition) is 1. The van der Waals surface area contributed by atoms with Gasteiger partial charge in [0.1, 0.15) is 29.4 Å². The first kappa shape index (κ1) is 26.9. The topological polar surface area (TPSA) is 111 Å². The maximum Gasteiger partial charge on any atom is 0.276 e. The summed E-state index contributed by atoms with van der Waals surface area (Å²) >= 11 is -1.51. The molecule has 12 heteroatoms. The molecule has 3 aromatic carbocycles. The van der Waals surface area contributed by atoms with Crippen molar-refractivity contribution in [1.82, 2.24) is 14.8 Å². The smallest absolute Gasteiger partial charge is 0.276 e. The summed E-state index contributed by atoms with van der Waals surface area (Å²) < 4.78 is 58.5. The first-order valence-electron chi connectivity index (χ1n) is 11.8. The molecule has 1 unspecified atom stereocenters. The summed E-state index contributed by atoms with van der Waals surface area (Å²) in [5.74, 6) is -0.342. The number of nitrogens with one attached hydrogen (secondary N) is 1. The van der Waals surface area contributed by atoms with Gasteiger partial charge < -0.3 is 24.1 Å². The van der Waals surface area contributed by atoms with E-state index < -0.39 is 28.7 Å². The second-order valence-electron chi connectivity index (χ2n) is 8.44. The Balaban J connectivity index is 1.37. The van der Waals surface area contributed by atoms with E-state index in [0.29, 0.717) is 33.8 Å². The lowest BCUT2D eigenvalue weighted by Crippen LogP contribution is -2.14. The fourth-order valence-corrected chi connectivity index (χ4v) is 4.62. The monoisotopic (exact) mass is 564 g/mol. The van der Waals surface area contributed by atoms with Crippen molar-refractivity contribution in [3.8, 4) is 28.7 Å². The van der Waals surface area contributed by atoms with Crippen molar-refractivity contribution in [2.45, 2.75) is 5.03 Å². The molecule has 1 amide bonds. The number of amides is 1. The molecule has 1 N–H and O–H groups in total. The molecule has 0 aliphatic rings. The van der Waals surface area contributed by atoms with Crippen LogP contribution in [0.15, 0.2) is 78.0 Å². The van der Waals surface area contributed by atoms with Crippen molar-refractivity contribution in [1.29, 1.82) is 0 Å². The molecule has 0 bridgehead atoms. The Morgan fingerprint density at radius 2 is 1.68 bits per heavy atom. The van der Waals surface area contributed by atoms with E-state index in [-0.39, 0.29) is 22.2 Å². The number of methoxy groups -OCH3 is 2. The number of nitrogens with zero attached hydrogens (tertiary/aromatic N) is 3. The van der Waals surface area contributed by atoms with E-state index >= 15 is 4.39 Å². The van der Waals surface area contributed by atoms with Gasteiger partial charge in [0.05, 0.1) is 31.1 Å². The zero-order valence-corrected chi connectivity index (χ0v) is 22.3. The second kappa shape index (κ2) is 11.2. The Morgan fingerprint density at radius 3 is 2.35 bits per heavy atom. The van der Waals surface area contributed by atoms with Crippen molar-refractivity contribution in [3.05, 3.63) is 90.3 Å². The van der Waals surface area contributed by atoms with Crippen LogP contribution in [-0.2, 0) is 11.2 Å². The standard InChI is InChI=1S/C28H22F2N4O5S/c1-37-25-13-19-22(14-26(25)38-2)31-11-10-24(19)39-18-8-9-21(20(30)12-18)32-28(35)23-15-27(40(3)36)34(33-23)17-6-4-16(29)5-7-17/h4-15H,1-3H3,(H,32,35). The number of hydrogen-bond acceptors (Lipinski definition) is 7. The Bertz CT molecular complexity index is 1710. The van der Waals surface area contributed by atoms with Crippen LogP contribution in [0.4, 0.5) is 14.5 Å². The molecular formula is C28H22F2N4O5S. The Hall–Kier alpha value is -4.68. The number of carbonyl (C=O) groups is 1. The number of aromatic nitrogens is 3. The van der Waals surface area contributed by atoms with Gasteiger partial charge in [-0.25, -0.2) is 8.78 Å². The highest BCUT2D eigenvalue weighted by Gasteiger charge is 2.22. The van der Waals surface area contributed by atoms with Crippen LogP contribution in [-0.4, -0.2) is 45.7 Å². The molecule has 0 spiro atoms. The molecule has 2 heterocycles. The highest BCUT2D eigenvalue weighted by Crippen LogP contribution is 2.37. The van der Waals surface area contributed by atoms with Crippen LogP contribution >= 0.6 is 0 Å². The van der Waals surface area contributed by atoms with Crippen LogP contribution in [0.25, 0.3) is 16.6 Å². The van der Waals surface area contributed by atoms with Gasteiger partial charge in [-0.15, -0.1) is 0 Å². The van der Waals surface area contributed by atoms with E-state index in [9.17, 15) is 13.7 Å². The first-order valence-corrected chi connectivity index (χ1v) is 13.3. The first-order chi connectivity index (χ1) is 19.3. The second-order valence-corrected chi connectivity index (χ2v) is 9.77. The lowest BCUT2D eigenvalue weighted by Gasteiger charge is -2.13. The minimum Gasteiger partial charge on any atom is -0.610 e. The normalized spacial score (nSPS) is 11.8. The van der Waals surface area contributed by atoms with E-state index in [4.69, 9.17) is 14.2 Å². The highest BCUT2D eigenvalue weighted by atomic mass is 32.2. The van der Waals surface area contributed by atoms with E-state index in [1.807, 2.05) is 0 Å². The zero-order valence-electron chi connectivity index (χ0n) is 21.5. The number of carbonyl (C=O) groups excluding carboxylic acids is 1. The Labute approximate surface area is 230 Å². The van der Waals surface area contributed by atoms with E-state index in [0.717, 1.165) is 6.07 Å². The van der Waals surface area contributed by atoms with E-state index in [1.54, 1.807) is 24.4 Å². The highest BCUT2D eigenvalue weighted by molar-refractivity contribution is 7.90. The molecule has 1 atom stereocenters. The zero-order chi connectivity index (χ0) is 28.4. The van der Waals surface area contributed by atoms with Crippen LogP contribution in [0, 0.1) is 11.6 Å². The van der Waals surface area contributed by atoms with Gasteiger partial charge in [0.15, 0.2) is 17.2 Å². The predicted octanol–water partition coefficient (Wildman–Crippen LogP) is 5.50. The molecular weight excluding hydrogens is 542 g/mol. The van der Waals surface area contributed by atoms with Crippen molar-refractivity contribution >= 4 is 33.7 Å². The molecule has 0 aliphatic carbocycles. The third-order valence-electron chi connectivity index (χ3n) is 5.90. The molecule has 0 radical (unpaired) electrons. The quantitative estimate of drug-likeness (QED) is 0.248. The minimum absolute atomic E-state index is 0.0955. The number of anilines is 1. The molecule has 0 saturated carbocycles.